The highest BCUT2D eigenvalue weighted by atomic mass is 32.2. The second-order valence-electron chi connectivity index (χ2n) is 7.97. The topological polar surface area (TPSA) is 282 Å². The molecule has 8 N–H and O–H groups in total. The van der Waals surface area contributed by atoms with Crippen LogP contribution >= 0.6 is 35.2 Å². The second kappa shape index (κ2) is 14.4. The molecule has 1 saturated heterocycles. The van der Waals surface area contributed by atoms with Crippen LogP contribution < -0.4 is 5.73 Å². The van der Waals surface area contributed by atoms with Gasteiger partial charge < -0.3 is 45.2 Å². The number of anilines is 1. The Morgan fingerprint density at radius 3 is 2.12 bits per heavy atom. The zero-order valence-corrected chi connectivity index (χ0v) is 25.3. The van der Waals surface area contributed by atoms with Crippen LogP contribution in [0, 0.1) is 0 Å². The molecule has 0 spiro atoms. The number of phosphoric ester groups is 1. The van der Waals surface area contributed by atoms with Gasteiger partial charge in [-0.1, -0.05) is 20.8 Å². The molecule has 23 heteroatoms. The number of hydrogen-bond acceptors (Lipinski definition) is 15. The summed E-state index contributed by atoms with van der Waals surface area (Å²) in [4.78, 5) is 50.3. The number of aromatic nitrogens is 4. The van der Waals surface area contributed by atoms with Gasteiger partial charge in [0.2, 0.25) is 5.95 Å². The molecule has 1 aliphatic heterocycles. The van der Waals surface area contributed by atoms with Crippen LogP contribution in [0.1, 0.15) is 27.0 Å². The van der Waals surface area contributed by atoms with Gasteiger partial charge in [-0.2, -0.15) is 13.6 Å². The van der Waals surface area contributed by atoms with Gasteiger partial charge in [0, 0.05) is 0 Å². The summed E-state index contributed by atoms with van der Waals surface area (Å²) in [5.74, 6) is -0.0918. The van der Waals surface area contributed by atoms with E-state index in [2.05, 4.69) is 53.8 Å². The van der Waals surface area contributed by atoms with Crippen LogP contribution in [-0.2, 0) is 31.6 Å². The van der Waals surface area contributed by atoms with Gasteiger partial charge in [0.25, 0.3) is 0 Å². The zero-order chi connectivity index (χ0) is 30.5. The van der Waals surface area contributed by atoms with Crippen LogP contribution in [0.3, 0.4) is 0 Å². The fourth-order valence-corrected chi connectivity index (χ4v) is 7.03. The van der Waals surface area contributed by atoms with Crippen molar-refractivity contribution in [3.63, 3.8) is 0 Å². The molecule has 0 saturated carbocycles. The summed E-state index contributed by atoms with van der Waals surface area (Å²) < 4.78 is 52.2. The first-order chi connectivity index (χ1) is 18.5. The number of aliphatic hydroxyl groups is 2. The van der Waals surface area contributed by atoms with Crippen molar-refractivity contribution in [1.29, 1.82) is 0 Å². The highest BCUT2D eigenvalue weighted by molar-refractivity contribution is 7.98. The van der Waals surface area contributed by atoms with Crippen molar-refractivity contribution in [1.82, 2.24) is 24.4 Å². The molecular formula is C17H33N6O13P3S. The van der Waals surface area contributed by atoms with E-state index in [1.54, 1.807) is 6.26 Å². The molecule has 0 bridgehead atoms. The minimum Gasteiger partial charge on any atom is -0.387 e. The average molecular weight is 654 g/mol. The maximum Gasteiger partial charge on any atom is 0.490 e. The molecule has 2 unspecified atom stereocenters. The summed E-state index contributed by atoms with van der Waals surface area (Å²) in [6, 6.07) is 0. The maximum atomic E-state index is 11.9. The number of fused-ring (bicyclic) bond motifs is 1. The molecule has 1 fully saturated rings. The SMILES string of the molecule is CCN(CC)CC.CSc1nc(N)nc2c1ncn2[C@@H]1O[C@H](COP(=O)(O)OP(=O)(O)OP(=O)(O)O)[C@@H](O)[C@H]1O. The van der Waals surface area contributed by atoms with Crippen molar-refractivity contribution < 1.29 is 61.4 Å². The highest BCUT2D eigenvalue weighted by Gasteiger charge is 2.47. The van der Waals surface area contributed by atoms with Gasteiger partial charge in [0.05, 0.1) is 12.9 Å². The normalized spacial score (nSPS) is 24.5. The molecule has 3 rings (SSSR count). The first-order valence-corrected chi connectivity index (χ1v) is 17.3. The van der Waals surface area contributed by atoms with E-state index in [0.717, 1.165) is 0 Å². The number of aliphatic hydroxyl groups excluding tert-OH is 2. The molecule has 2 aromatic heterocycles. The third-order valence-electron chi connectivity index (χ3n) is 5.37. The van der Waals surface area contributed by atoms with Crippen molar-refractivity contribution in [3.05, 3.63) is 6.33 Å². The van der Waals surface area contributed by atoms with Gasteiger partial charge >= 0.3 is 23.5 Å². The first-order valence-electron chi connectivity index (χ1n) is 11.5. The Labute approximate surface area is 233 Å². The number of imidazole rings is 1. The van der Waals surface area contributed by atoms with E-state index in [9.17, 15) is 28.8 Å². The van der Waals surface area contributed by atoms with E-state index in [1.165, 1.54) is 42.3 Å². The molecule has 19 nitrogen and oxygen atoms in total. The highest BCUT2D eigenvalue weighted by Crippen LogP contribution is 2.66. The number of thioether (sulfide) groups is 1. The quantitative estimate of drug-likeness (QED) is 0.0928. The van der Waals surface area contributed by atoms with E-state index < -0.39 is 54.6 Å². The van der Waals surface area contributed by atoms with Gasteiger partial charge in [0.15, 0.2) is 11.9 Å². The number of phosphoric acid groups is 3. The monoisotopic (exact) mass is 654 g/mol. The predicted octanol–water partition coefficient (Wildman–Crippen LogP) is 0.441. The molecule has 2 aromatic rings. The number of ether oxygens (including phenoxy) is 1. The lowest BCUT2D eigenvalue weighted by Gasteiger charge is -2.19. The summed E-state index contributed by atoms with van der Waals surface area (Å²) >= 11 is 1.23. The summed E-state index contributed by atoms with van der Waals surface area (Å²) in [6.07, 6.45) is -3.09. The molecule has 230 valence electrons. The average Bonchev–Trinajstić information content (AvgIpc) is 3.37. The molecule has 0 amide bonds. The largest absolute Gasteiger partial charge is 0.490 e. The van der Waals surface area contributed by atoms with Crippen LogP contribution in [0.2, 0.25) is 0 Å². The van der Waals surface area contributed by atoms with Crippen molar-refractivity contribution in [2.24, 2.45) is 0 Å². The third kappa shape index (κ3) is 9.76. The van der Waals surface area contributed by atoms with Crippen LogP contribution in [0.4, 0.5) is 5.95 Å². The summed E-state index contributed by atoms with van der Waals surface area (Å²) in [6.45, 7) is 9.16. The predicted molar refractivity (Wildman–Crippen MR) is 141 cm³/mol. The van der Waals surface area contributed by atoms with Gasteiger partial charge in [-0.05, 0) is 25.9 Å². The first kappa shape index (κ1) is 35.1. The minimum absolute atomic E-state index is 0.0918. The van der Waals surface area contributed by atoms with E-state index in [-0.39, 0.29) is 11.6 Å². The number of nitrogens with two attached hydrogens (primary N) is 1. The number of rotatable bonds is 12. The fourth-order valence-electron chi connectivity index (χ4n) is 3.47. The second-order valence-corrected chi connectivity index (χ2v) is 13.2. The van der Waals surface area contributed by atoms with Crippen molar-refractivity contribution >= 4 is 52.3 Å². The number of nitrogens with zero attached hydrogens (tertiary/aromatic N) is 5. The van der Waals surface area contributed by atoms with E-state index >= 15 is 0 Å². The number of nitrogen functional groups attached to an aromatic ring is 1. The molecule has 3 heterocycles. The molecular weight excluding hydrogens is 621 g/mol. The van der Waals surface area contributed by atoms with Crippen LogP contribution in [0.15, 0.2) is 11.4 Å². The molecule has 0 aromatic carbocycles. The Morgan fingerprint density at radius 2 is 1.62 bits per heavy atom. The van der Waals surface area contributed by atoms with Crippen molar-refractivity contribution in [2.45, 2.75) is 50.3 Å². The lowest BCUT2D eigenvalue weighted by Crippen LogP contribution is -2.33. The smallest absolute Gasteiger partial charge is 0.387 e. The van der Waals surface area contributed by atoms with Crippen LogP contribution in [0.5, 0.6) is 0 Å². The fraction of sp³-hybridized carbons (Fsp3) is 0.706. The minimum atomic E-state index is -5.71. The van der Waals surface area contributed by atoms with Crippen molar-refractivity contribution in [2.75, 3.05) is 38.2 Å². The Bertz CT molecular complexity index is 1270. The number of hydrogen-bond donors (Lipinski definition) is 7. The summed E-state index contributed by atoms with van der Waals surface area (Å²) in [5.41, 5.74) is 6.17. The Hall–Kier alpha value is -1.05. The molecule has 40 heavy (non-hydrogen) atoms. The van der Waals surface area contributed by atoms with Gasteiger partial charge in [-0.15, -0.1) is 11.8 Å². The van der Waals surface area contributed by atoms with Crippen LogP contribution in [-0.4, -0.2) is 105 Å². The molecule has 0 aliphatic carbocycles. The summed E-state index contributed by atoms with van der Waals surface area (Å²) in [7, 11) is -16.7. The molecule has 1 aliphatic rings. The van der Waals surface area contributed by atoms with Crippen molar-refractivity contribution in [3.8, 4) is 0 Å². The zero-order valence-electron chi connectivity index (χ0n) is 21.8. The van der Waals surface area contributed by atoms with E-state index in [4.69, 9.17) is 25.2 Å². The standard InChI is InChI=1S/C11H18N5O13P3S.C6H15N/c1-33-9-5-8(14-11(12)15-9)16(3-13-5)10-7(18)6(17)4(27-10)2-26-31(22,23)29-32(24,25)28-30(19,20)21;1-4-7(5-2)6-3/h3-4,6-7,10,17-18H,2H2,1H3,(H,22,23)(H,24,25)(H2,12,14,15)(H2,19,20,21);4-6H2,1-3H3/t4-,6-,7-,10-;/m1./s1. The lowest BCUT2D eigenvalue weighted by molar-refractivity contribution is -0.0503. The Balaban J connectivity index is 0.000000708. The maximum absolute atomic E-state index is 11.9. The van der Waals surface area contributed by atoms with Gasteiger partial charge in [-0.3, -0.25) is 9.09 Å². The van der Waals surface area contributed by atoms with Gasteiger partial charge in [-0.25, -0.2) is 23.7 Å². The lowest BCUT2D eigenvalue weighted by atomic mass is 10.1. The van der Waals surface area contributed by atoms with Gasteiger partial charge in [0.1, 0.15) is 28.9 Å². The summed E-state index contributed by atoms with van der Waals surface area (Å²) in [5, 5.41) is 21.1. The third-order valence-corrected chi connectivity index (χ3v) is 9.84. The van der Waals surface area contributed by atoms with E-state index in [1.807, 2.05) is 0 Å². The Morgan fingerprint density at radius 1 is 1.02 bits per heavy atom. The van der Waals surface area contributed by atoms with E-state index in [0.29, 0.717) is 10.5 Å². The Kier molecular flexibility index (Phi) is 12.7. The van der Waals surface area contributed by atoms with Crippen LogP contribution in [0.25, 0.3) is 11.2 Å². The molecule has 0 radical (unpaired) electrons. The molecule has 6 atom stereocenters.